The van der Waals surface area contributed by atoms with Crippen LogP contribution in [0.5, 0.6) is 0 Å². The van der Waals surface area contributed by atoms with Crippen LogP contribution in [-0.4, -0.2) is 37.0 Å². The fraction of sp³-hybridized carbons (Fsp3) is 0.143. The molecule has 12 heteroatoms. The summed E-state index contributed by atoms with van der Waals surface area (Å²) in [6.45, 7) is 1.86. The predicted octanol–water partition coefficient (Wildman–Crippen LogP) is 4.14. The molecule has 0 spiro atoms. The van der Waals surface area contributed by atoms with E-state index in [-0.39, 0.29) is 18.0 Å². The van der Waals surface area contributed by atoms with E-state index in [4.69, 9.17) is 4.74 Å². The quantitative estimate of drug-likeness (QED) is 0.404. The van der Waals surface area contributed by atoms with Crippen LogP contribution in [-0.2, 0) is 4.74 Å². The number of amides is 1. The number of nitro groups is 2. The first kappa shape index (κ1) is 21.5. The summed E-state index contributed by atoms with van der Waals surface area (Å²) in [5, 5.41) is 22.0. The standard InChI is InChI=1S/C21H18N6O6/c1-2-33-21(28)25-14-13-24(16-5-9-18(10-6-16)27(31)32)20(25)19-22-11-12-23(19)15-3-7-17(8-4-15)26(29)30/h3-14,20H,2H2,1H3. The van der Waals surface area contributed by atoms with Crippen LogP contribution < -0.4 is 4.90 Å². The molecule has 1 atom stereocenters. The molecule has 0 bridgehead atoms. The number of benzene rings is 2. The number of hydrogen-bond donors (Lipinski definition) is 0. The molecular weight excluding hydrogens is 432 g/mol. The molecule has 0 saturated heterocycles. The van der Waals surface area contributed by atoms with Gasteiger partial charge in [-0.3, -0.25) is 25.1 Å². The highest BCUT2D eigenvalue weighted by atomic mass is 16.6. The molecule has 2 heterocycles. The van der Waals surface area contributed by atoms with Gasteiger partial charge >= 0.3 is 6.09 Å². The molecule has 1 aliphatic rings. The Morgan fingerprint density at radius 3 is 2.09 bits per heavy atom. The van der Waals surface area contributed by atoms with E-state index in [0.717, 1.165) is 0 Å². The molecule has 3 aromatic rings. The summed E-state index contributed by atoms with van der Waals surface area (Å²) in [4.78, 5) is 41.2. The van der Waals surface area contributed by atoms with Crippen molar-refractivity contribution in [2.75, 3.05) is 11.5 Å². The summed E-state index contributed by atoms with van der Waals surface area (Å²) in [7, 11) is 0. The van der Waals surface area contributed by atoms with Gasteiger partial charge in [0.05, 0.1) is 16.5 Å². The average Bonchev–Trinajstić information content (AvgIpc) is 3.46. The molecule has 12 nitrogen and oxygen atoms in total. The minimum atomic E-state index is -0.768. The summed E-state index contributed by atoms with van der Waals surface area (Å²) in [5.74, 6) is 0.431. The fourth-order valence-corrected chi connectivity index (χ4v) is 3.48. The van der Waals surface area contributed by atoms with Gasteiger partial charge in [-0.25, -0.2) is 9.78 Å². The number of aromatic nitrogens is 2. The highest BCUT2D eigenvalue weighted by molar-refractivity contribution is 5.72. The van der Waals surface area contributed by atoms with Crippen molar-refractivity contribution >= 4 is 23.2 Å². The molecule has 1 aromatic heterocycles. The molecule has 1 unspecified atom stereocenters. The molecule has 0 radical (unpaired) electrons. The lowest BCUT2D eigenvalue weighted by atomic mass is 10.2. The van der Waals surface area contributed by atoms with E-state index in [0.29, 0.717) is 17.2 Å². The number of nitro benzene ring substituents is 2. The van der Waals surface area contributed by atoms with Crippen LogP contribution in [0, 0.1) is 20.2 Å². The molecule has 2 aromatic carbocycles. The number of rotatable bonds is 6. The second-order valence-corrected chi connectivity index (χ2v) is 6.89. The average molecular weight is 450 g/mol. The maximum Gasteiger partial charge on any atom is 0.415 e. The number of ether oxygens (including phenoxy) is 1. The van der Waals surface area contributed by atoms with Crippen LogP contribution in [0.3, 0.4) is 0 Å². The van der Waals surface area contributed by atoms with Gasteiger partial charge in [0.25, 0.3) is 11.4 Å². The Balaban J connectivity index is 1.75. The lowest BCUT2D eigenvalue weighted by Gasteiger charge is -2.30. The number of hydrogen-bond acceptors (Lipinski definition) is 8. The molecule has 0 N–H and O–H groups in total. The highest BCUT2D eigenvalue weighted by Gasteiger charge is 2.37. The number of carbonyl (C=O) groups is 1. The number of carbonyl (C=O) groups excluding carboxylic acids is 1. The maximum absolute atomic E-state index is 12.7. The van der Waals surface area contributed by atoms with E-state index in [1.807, 2.05) is 0 Å². The van der Waals surface area contributed by atoms with E-state index in [1.54, 1.807) is 65.4 Å². The van der Waals surface area contributed by atoms with Gasteiger partial charge in [-0.15, -0.1) is 0 Å². The maximum atomic E-state index is 12.7. The van der Waals surface area contributed by atoms with Crippen LogP contribution in [0.2, 0.25) is 0 Å². The second-order valence-electron chi connectivity index (χ2n) is 6.89. The van der Waals surface area contributed by atoms with Gasteiger partial charge in [0.1, 0.15) is 0 Å². The van der Waals surface area contributed by atoms with Gasteiger partial charge in [-0.1, -0.05) is 0 Å². The molecule has 1 aliphatic heterocycles. The van der Waals surface area contributed by atoms with Gasteiger partial charge in [-0.05, 0) is 31.2 Å². The van der Waals surface area contributed by atoms with Crippen molar-refractivity contribution in [2.24, 2.45) is 0 Å². The number of non-ortho nitro benzene ring substituents is 2. The Bertz CT molecular complexity index is 1220. The Morgan fingerprint density at radius 2 is 1.55 bits per heavy atom. The zero-order valence-electron chi connectivity index (χ0n) is 17.3. The lowest BCUT2D eigenvalue weighted by molar-refractivity contribution is -0.385. The van der Waals surface area contributed by atoms with Crippen LogP contribution in [0.25, 0.3) is 5.69 Å². The molecule has 0 aliphatic carbocycles. The Labute approximate surface area is 187 Å². The monoisotopic (exact) mass is 450 g/mol. The molecule has 1 amide bonds. The van der Waals surface area contributed by atoms with Gasteiger partial charge in [0.2, 0.25) is 0 Å². The summed E-state index contributed by atoms with van der Waals surface area (Å²) >= 11 is 0. The van der Waals surface area contributed by atoms with Crippen molar-refractivity contribution in [3.63, 3.8) is 0 Å². The van der Waals surface area contributed by atoms with E-state index >= 15 is 0 Å². The predicted molar refractivity (Wildman–Crippen MR) is 117 cm³/mol. The first-order chi connectivity index (χ1) is 15.9. The van der Waals surface area contributed by atoms with Gasteiger partial charge in [-0.2, -0.15) is 0 Å². The Hall–Kier alpha value is -4.74. The minimum absolute atomic E-state index is 0.0522. The van der Waals surface area contributed by atoms with E-state index < -0.39 is 22.1 Å². The van der Waals surface area contributed by atoms with E-state index in [1.165, 1.54) is 29.2 Å². The van der Waals surface area contributed by atoms with Crippen molar-refractivity contribution < 1.29 is 19.4 Å². The summed E-state index contributed by atoms with van der Waals surface area (Å²) in [5.41, 5.74) is 1.08. The van der Waals surface area contributed by atoms with Crippen LogP contribution >= 0.6 is 0 Å². The third-order valence-electron chi connectivity index (χ3n) is 4.99. The van der Waals surface area contributed by atoms with Gasteiger partial charge < -0.3 is 14.2 Å². The zero-order chi connectivity index (χ0) is 23.5. The second kappa shape index (κ2) is 8.78. The summed E-state index contributed by atoms with van der Waals surface area (Å²) < 4.78 is 6.88. The Kier molecular flexibility index (Phi) is 5.72. The third-order valence-corrected chi connectivity index (χ3v) is 4.99. The van der Waals surface area contributed by atoms with Gasteiger partial charge in [0, 0.05) is 60.4 Å². The normalized spacial score (nSPS) is 15.0. The van der Waals surface area contributed by atoms with Gasteiger partial charge in [0.15, 0.2) is 12.0 Å². The molecule has 0 fully saturated rings. The van der Waals surface area contributed by atoms with Crippen LogP contribution in [0.1, 0.15) is 18.9 Å². The molecular formula is C21H18N6O6. The third kappa shape index (κ3) is 4.08. The lowest BCUT2D eigenvalue weighted by Crippen LogP contribution is -2.37. The van der Waals surface area contributed by atoms with Crippen molar-refractivity contribution in [1.29, 1.82) is 0 Å². The van der Waals surface area contributed by atoms with Crippen LogP contribution in [0.15, 0.2) is 73.3 Å². The summed E-state index contributed by atoms with van der Waals surface area (Å²) in [6, 6.07) is 11.8. The van der Waals surface area contributed by atoms with Crippen molar-refractivity contribution in [3.05, 3.63) is 99.4 Å². The van der Waals surface area contributed by atoms with E-state index in [9.17, 15) is 25.0 Å². The first-order valence-corrected chi connectivity index (χ1v) is 9.85. The van der Waals surface area contributed by atoms with Crippen LogP contribution in [0.4, 0.5) is 21.9 Å². The van der Waals surface area contributed by atoms with Crippen molar-refractivity contribution in [2.45, 2.75) is 13.1 Å². The number of imidazole rings is 1. The summed E-state index contributed by atoms with van der Waals surface area (Å²) in [6.07, 6.45) is 5.05. The molecule has 33 heavy (non-hydrogen) atoms. The smallest absolute Gasteiger partial charge is 0.415 e. The molecule has 4 rings (SSSR count). The SMILES string of the molecule is CCOC(=O)N1C=CN(c2ccc([N+](=O)[O-])cc2)C1c1nccn1-c1ccc([N+](=O)[O-])cc1. The minimum Gasteiger partial charge on any atom is -0.449 e. The largest absolute Gasteiger partial charge is 0.449 e. The van der Waals surface area contributed by atoms with Crippen molar-refractivity contribution in [3.8, 4) is 5.69 Å². The molecule has 0 saturated carbocycles. The fourth-order valence-electron chi connectivity index (χ4n) is 3.48. The number of nitrogens with zero attached hydrogens (tertiary/aromatic N) is 6. The zero-order valence-corrected chi connectivity index (χ0v) is 17.3. The topological polar surface area (TPSA) is 137 Å². The molecule has 168 valence electrons. The Morgan fingerprint density at radius 1 is 0.970 bits per heavy atom. The number of anilines is 1. The van der Waals surface area contributed by atoms with Crippen molar-refractivity contribution in [1.82, 2.24) is 14.5 Å². The van der Waals surface area contributed by atoms with E-state index in [2.05, 4.69) is 4.98 Å². The highest BCUT2D eigenvalue weighted by Crippen LogP contribution is 2.36. The first-order valence-electron chi connectivity index (χ1n) is 9.85.